The van der Waals surface area contributed by atoms with Gasteiger partial charge in [0.2, 0.25) is 11.9 Å². The molecule has 3 aromatic rings. The lowest BCUT2D eigenvalue weighted by atomic mass is 9.80. The second-order valence-corrected chi connectivity index (χ2v) is 9.06. The van der Waals surface area contributed by atoms with E-state index in [2.05, 4.69) is 28.5 Å². The standard InChI is InChI=1S/C25H27F3N4O2/c1-15-11-16(2)13-19(12-15)32-22-9-3-17(4-10-23(29)33)14-21(22)31-24(32)30-18-5-7-20(8-6-18)34-25(26,27)28/h3-10,14-16,19H,11-13H2,1-2H3,(H2,29,33)(H,30,31)/b10-4+. The second-order valence-electron chi connectivity index (χ2n) is 9.06. The molecule has 6 nitrogen and oxygen atoms in total. The fourth-order valence-corrected chi connectivity index (χ4v) is 4.84. The molecule has 1 saturated carbocycles. The van der Waals surface area contributed by atoms with Gasteiger partial charge in [0.05, 0.1) is 11.0 Å². The van der Waals surface area contributed by atoms with Crippen LogP contribution in [0.3, 0.4) is 0 Å². The molecule has 2 unspecified atom stereocenters. The minimum absolute atomic E-state index is 0.228. The maximum Gasteiger partial charge on any atom is 0.573 e. The van der Waals surface area contributed by atoms with E-state index in [0.717, 1.165) is 29.4 Å². The van der Waals surface area contributed by atoms with Gasteiger partial charge in [-0.3, -0.25) is 4.79 Å². The zero-order chi connectivity index (χ0) is 24.5. The van der Waals surface area contributed by atoms with Crippen LogP contribution in [0.15, 0.2) is 48.5 Å². The van der Waals surface area contributed by atoms with Crippen LogP contribution >= 0.6 is 0 Å². The molecule has 180 valence electrons. The smallest absolute Gasteiger partial charge is 0.406 e. The highest BCUT2D eigenvalue weighted by atomic mass is 19.4. The molecule has 1 amide bonds. The number of nitrogens with two attached hydrogens (primary N) is 1. The van der Waals surface area contributed by atoms with Crippen molar-refractivity contribution in [3.63, 3.8) is 0 Å². The summed E-state index contributed by atoms with van der Waals surface area (Å²) in [5.41, 5.74) is 8.29. The van der Waals surface area contributed by atoms with Gasteiger partial charge in [-0.25, -0.2) is 4.98 Å². The highest BCUT2D eigenvalue weighted by molar-refractivity contribution is 5.91. The summed E-state index contributed by atoms with van der Waals surface area (Å²) in [5, 5.41) is 3.27. The van der Waals surface area contributed by atoms with Crippen LogP contribution in [-0.2, 0) is 4.79 Å². The number of primary amides is 1. The van der Waals surface area contributed by atoms with E-state index in [1.807, 2.05) is 18.2 Å². The average Bonchev–Trinajstić information content (AvgIpc) is 3.09. The highest BCUT2D eigenvalue weighted by Crippen LogP contribution is 2.40. The fraction of sp³-hybridized carbons (Fsp3) is 0.360. The van der Waals surface area contributed by atoms with Crippen LogP contribution in [0.25, 0.3) is 17.1 Å². The van der Waals surface area contributed by atoms with Crippen LogP contribution in [0.4, 0.5) is 24.8 Å². The third-order valence-corrected chi connectivity index (χ3v) is 6.02. The zero-order valence-corrected chi connectivity index (χ0v) is 19.0. The van der Waals surface area contributed by atoms with E-state index in [1.54, 1.807) is 6.08 Å². The molecule has 2 aromatic carbocycles. The molecule has 2 atom stereocenters. The number of carbonyl (C=O) groups is 1. The van der Waals surface area contributed by atoms with E-state index in [4.69, 9.17) is 10.7 Å². The summed E-state index contributed by atoms with van der Waals surface area (Å²) < 4.78 is 43.6. The molecule has 1 heterocycles. The fourth-order valence-electron chi connectivity index (χ4n) is 4.84. The molecular weight excluding hydrogens is 445 g/mol. The lowest BCUT2D eigenvalue weighted by molar-refractivity contribution is -0.274. The quantitative estimate of drug-likeness (QED) is 0.420. The van der Waals surface area contributed by atoms with E-state index in [9.17, 15) is 18.0 Å². The Balaban J connectivity index is 1.70. The number of amides is 1. The van der Waals surface area contributed by atoms with Crippen molar-refractivity contribution in [3.8, 4) is 5.75 Å². The van der Waals surface area contributed by atoms with Crippen molar-refractivity contribution in [3.05, 3.63) is 54.1 Å². The number of nitrogens with one attached hydrogen (secondary N) is 1. The SMILES string of the molecule is CC1CC(C)CC(n2c(Nc3ccc(OC(F)(F)F)cc3)nc3cc(/C=C/C(N)=O)ccc32)C1. The predicted octanol–water partition coefficient (Wildman–Crippen LogP) is 6.17. The minimum atomic E-state index is -4.74. The van der Waals surface area contributed by atoms with Gasteiger partial charge in [-0.1, -0.05) is 19.9 Å². The molecule has 34 heavy (non-hydrogen) atoms. The normalized spacial score (nSPS) is 21.1. The van der Waals surface area contributed by atoms with Crippen LogP contribution in [0.2, 0.25) is 0 Å². The first-order valence-corrected chi connectivity index (χ1v) is 11.2. The molecule has 0 bridgehead atoms. The van der Waals surface area contributed by atoms with Gasteiger partial charge >= 0.3 is 6.36 Å². The van der Waals surface area contributed by atoms with E-state index in [1.165, 1.54) is 36.8 Å². The van der Waals surface area contributed by atoms with Gasteiger partial charge in [0.25, 0.3) is 0 Å². The number of hydrogen-bond acceptors (Lipinski definition) is 4. The first-order chi connectivity index (χ1) is 16.1. The number of rotatable bonds is 6. The molecule has 1 aliphatic carbocycles. The Hall–Kier alpha value is -3.49. The van der Waals surface area contributed by atoms with Crippen molar-refractivity contribution in [1.29, 1.82) is 0 Å². The van der Waals surface area contributed by atoms with Crippen molar-refractivity contribution in [2.24, 2.45) is 17.6 Å². The number of halogens is 3. The van der Waals surface area contributed by atoms with Gasteiger partial charge in [-0.05, 0) is 79.1 Å². The summed E-state index contributed by atoms with van der Waals surface area (Å²) in [4.78, 5) is 15.9. The van der Waals surface area contributed by atoms with E-state index in [-0.39, 0.29) is 11.8 Å². The number of alkyl halides is 3. The Bertz CT molecular complexity index is 1190. The molecule has 0 aliphatic heterocycles. The third-order valence-electron chi connectivity index (χ3n) is 6.02. The first-order valence-electron chi connectivity index (χ1n) is 11.2. The molecule has 1 aliphatic rings. The number of hydrogen-bond donors (Lipinski definition) is 2. The summed E-state index contributed by atoms with van der Waals surface area (Å²) in [6.07, 6.45) is 1.38. The number of ether oxygens (including phenoxy) is 1. The monoisotopic (exact) mass is 472 g/mol. The summed E-state index contributed by atoms with van der Waals surface area (Å²) in [6, 6.07) is 11.6. The van der Waals surface area contributed by atoms with Crippen molar-refractivity contribution >= 4 is 34.7 Å². The van der Waals surface area contributed by atoms with Crippen LogP contribution in [0.5, 0.6) is 5.75 Å². The maximum absolute atomic E-state index is 12.5. The number of aromatic nitrogens is 2. The van der Waals surface area contributed by atoms with Crippen LogP contribution in [0, 0.1) is 11.8 Å². The van der Waals surface area contributed by atoms with Gasteiger partial charge in [0.15, 0.2) is 0 Å². The van der Waals surface area contributed by atoms with Crippen LogP contribution in [-0.4, -0.2) is 21.8 Å². The Morgan fingerprint density at radius 1 is 1.12 bits per heavy atom. The Morgan fingerprint density at radius 2 is 1.79 bits per heavy atom. The number of benzene rings is 2. The first kappa shape index (κ1) is 23.7. The number of imidazole rings is 1. The predicted molar refractivity (Wildman–Crippen MR) is 126 cm³/mol. The average molecular weight is 473 g/mol. The van der Waals surface area contributed by atoms with Crippen molar-refractivity contribution in [2.75, 3.05) is 5.32 Å². The third kappa shape index (κ3) is 5.70. The van der Waals surface area contributed by atoms with Crippen molar-refractivity contribution < 1.29 is 22.7 Å². The molecular formula is C25H27F3N4O2. The maximum atomic E-state index is 12.5. The number of carbonyl (C=O) groups excluding carboxylic acids is 1. The molecule has 1 fully saturated rings. The summed E-state index contributed by atoms with van der Waals surface area (Å²) in [7, 11) is 0. The van der Waals surface area contributed by atoms with Gasteiger partial charge in [-0.15, -0.1) is 13.2 Å². The molecule has 1 aromatic heterocycles. The second kappa shape index (κ2) is 9.40. The molecule has 0 radical (unpaired) electrons. The Kier molecular flexibility index (Phi) is 6.54. The Labute approximate surface area is 195 Å². The largest absolute Gasteiger partial charge is 0.573 e. The van der Waals surface area contributed by atoms with Gasteiger partial charge < -0.3 is 20.4 Å². The van der Waals surface area contributed by atoms with Gasteiger partial charge in [-0.2, -0.15) is 0 Å². The molecule has 9 heteroatoms. The van der Waals surface area contributed by atoms with Crippen LogP contribution < -0.4 is 15.8 Å². The molecule has 0 saturated heterocycles. The van der Waals surface area contributed by atoms with E-state index in [0.29, 0.717) is 23.5 Å². The molecule has 3 N–H and O–H groups in total. The lowest BCUT2D eigenvalue weighted by Gasteiger charge is -2.33. The van der Waals surface area contributed by atoms with E-state index >= 15 is 0 Å². The zero-order valence-electron chi connectivity index (χ0n) is 19.0. The number of anilines is 2. The number of nitrogens with zero attached hydrogens (tertiary/aromatic N) is 2. The Morgan fingerprint density at radius 3 is 2.41 bits per heavy atom. The number of fused-ring (bicyclic) bond motifs is 1. The minimum Gasteiger partial charge on any atom is -0.406 e. The molecule has 4 rings (SSSR count). The van der Waals surface area contributed by atoms with Gasteiger partial charge in [0.1, 0.15) is 5.75 Å². The highest BCUT2D eigenvalue weighted by Gasteiger charge is 2.31. The van der Waals surface area contributed by atoms with Crippen molar-refractivity contribution in [1.82, 2.24) is 9.55 Å². The summed E-state index contributed by atoms with van der Waals surface area (Å²) >= 11 is 0. The van der Waals surface area contributed by atoms with Crippen molar-refractivity contribution in [2.45, 2.75) is 45.5 Å². The van der Waals surface area contributed by atoms with Crippen LogP contribution in [0.1, 0.15) is 44.7 Å². The van der Waals surface area contributed by atoms with Gasteiger partial charge in [0, 0.05) is 17.8 Å². The summed E-state index contributed by atoms with van der Waals surface area (Å²) in [6.45, 7) is 4.50. The summed E-state index contributed by atoms with van der Waals surface area (Å²) in [5.74, 6) is 0.927. The topological polar surface area (TPSA) is 82.2 Å². The lowest BCUT2D eigenvalue weighted by Crippen LogP contribution is -2.23. The van der Waals surface area contributed by atoms with E-state index < -0.39 is 12.3 Å². The molecule has 0 spiro atoms.